The minimum atomic E-state index is -0.576. The molecule has 14 nitrogen and oxygen atoms in total. The van der Waals surface area contributed by atoms with Gasteiger partial charge in [-0.2, -0.15) is 9.97 Å². The summed E-state index contributed by atoms with van der Waals surface area (Å²) in [6, 6.07) is 2.99. The molecule has 36 heavy (non-hydrogen) atoms. The molecule has 0 saturated carbocycles. The average Bonchev–Trinajstić information content (AvgIpc) is 3.50. The summed E-state index contributed by atoms with van der Waals surface area (Å²) in [5.41, 5.74) is 9.02. The van der Waals surface area contributed by atoms with Crippen molar-refractivity contribution in [2.45, 2.75) is 36.2 Å². The van der Waals surface area contributed by atoms with E-state index >= 15 is 0 Å². The number of esters is 2. The molecular weight excluding hydrogens is 516 g/mol. The third-order valence-corrected chi connectivity index (χ3v) is 7.28. The third-order valence-electron chi connectivity index (χ3n) is 5.08. The summed E-state index contributed by atoms with van der Waals surface area (Å²) >= 11 is 2.78. The Hall–Kier alpha value is -3.08. The number of nitrogens with zero attached hydrogens (tertiary/aromatic N) is 4. The molecule has 16 heteroatoms. The van der Waals surface area contributed by atoms with Crippen LogP contribution in [0.1, 0.15) is 25.3 Å². The van der Waals surface area contributed by atoms with Crippen molar-refractivity contribution in [3.8, 4) is 0 Å². The Kier molecular flexibility index (Phi) is 8.50. The van der Waals surface area contributed by atoms with Crippen molar-refractivity contribution in [1.29, 1.82) is 0 Å². The first-order chi connectivity index (χ1) is 17.3. The largest absolute Gasteiger partial charge is 0.462 e. The molecule has 2 saturated heterocycles. The van der Waals surface area contributed by atoms with E-state index < -0.39 is 46.6 Å². The number of ether oxygens (including phenoxy) is 4. The molecule has 4 atom stereocenters. The van der Waals surface area contributed by atoms with Crippen LogP contribution in [0.2, 0.25) is 0 Å². The van der Waals surface area contributed by atoms with Crippen LogP contribution in [-0.2, 0) is 28.5 Å². The maximum atomic E-state index is 12.0. The number of thioether (sulfide) groups is 2. The molecule has 2 aromatic heterocycles. The zero-order valence-corrected chi connectivity index (χ0v) is 20.5. The highest BCUT2D eigenvalue weighted by molar-refractivity contribution is 8.00. The van der Waals surface area contributed by atoms with Crippen molar-refractivity contribution in [1.82, 2.24) is 19.1 Å². The van der Waals surface area contributed by atoms with Gasteiger partial charge in [0, 0.05) is 23.9 Å². The Morgan fingerprint density at radius 2 is 1.28 bits per heavy atom. The Bertz CT molecular complexity index is 1130. The van der Waals surface area contributed by atoms with E-state index in [2.05, 4.69) is 9.97 Å². The van der Waals surface area contributed by atoms with E-state index in [9.17, 15) is 19.2 Å². The fourth-order valence-electron chi connectivity index (χ4n) is 3.31. The number of carbonyl (C=O) groups excluding carboxylic acids is 2. The SMILES string of the molecule is Nc1ccn([C@@H]2CS[C@H](COC(=O)CCC(=O)OC[C@H]3O[C@@H](n4ccc(N)nc4=O)CS3)O2)c(=O)n1. The van der Waals surface area contributed by atoms with Crippen LogP contribution in [0.5, 0.6) is 0 Å². The van der Waals surface area contributed by atoms with Gasteiger partial charge < -0.3 is 30.4 Å². The molecule has 0 aliphatic carbocycles. The molecule has 0 amide bonds. The Balaban J connectivity index is 1.11. The molecular formula is C20H24N6O8S2. The van der Waals surface area contributed by atoms with Crippen molar-refractivity contribution in [3.05, 3.63) is 45.5 Å². The van der Waals surface area contributed by atoms with E-state index in [-0.39, 0.29) is 37.7 Å². The Morgan fingerprint density at radius 3 is 1.67 bits per heavy atom. The molecule has 0 bridgehead atoms. The monoisotopic (exact) mass is 540 g/mol. The van der Waals surface area contributed by atoms with Gasteiger partial charge in [-0.05, 0) is 12.1 Å². The lowest BCUT2D eigenvalue weighted by Gasteiger charge is -2.15. The van der Waals surface area contributed by atoms with Crippen molar-refractivity contribution in [3.63, 3.8) is 0 Å². The van der Waals surface area contributed by atoms with Gasteiger partial charge in [0.15, 0.2) is 0 Å². The fourth-order valence-corrected chi connectivity index (χ4v) is 5.29. The van der Waals surface area contributed by atoms with Crippen LogP contribution in [0.3, 0.4) is 0 Å². The highest BCUT2D eigenvalue weighted by Crippen LogP contribution is 2.32. The first-order valence-electron chi connectivity index (χ1n) is 10.8. The molecule has 0 aromatic carbocycles. The van der Waals surface area contributed by atoms with Crippen molar-refractivity contribution in [2.24, 2.45) is 0 Å². The van der Waals surface area contributed by atoms with E-state index in [1.807, 2.05) is 0 Å². The van der Waals surface area contributed by atoms with Crippen LogP contribution < -0.4 is 22.8 Å². The molecule has 0 unspecified atom stereocenters. The van der Waals surface area contributed by atoms with Gasteiger partial charge in [0.05, 0.1) is 12.8 Å². The lowest BCUT2D eigenvalue weighted by Crippen LogP contribution is -2.29. The number of nitrogens with two attached hydrogens (primary N) is 2. The van der Waals surface area contributed by atoms with Gasteiger partial charge >= 0.3 is 23.3 Å². The minimum absolute atomic E-state index is 0.0283. The summed E-state index contributed by atoms with van der Waals surface area (Å²) in [6.07, 6.45) is 1.60. The summed E-state index contributed by atoms with van der Waals surface area (Å²) in [4.78, 5) is 55.2. The predicted molar refractivity (Wildman–Crippen MR) is 130 cm³/mol. The third kappa shape index (κ3) is 6.77. The summed E-state index contributed by atoms with van der Waals surface area (Å²) in [5.74, 6) is 0.0480. The number of rotatable bonds is 9. The number of hydrogen-bond donors (Lipinski definition) is 2. The zero-order chi connectivity index (χ0) is 25.7. The fraction of sp³-hybridized carbons (Fsp3) is 0.500. The van der Waals surface area contributed by atoms with Crippen LogP contribution in [0, 0.1) is 0 Å². The lowest BCUT2D eigenvalue weighted by molar-refractivity contribution is -0.153. The van der Waals surface area contributed by atoms with Crippen LogP contribution >= 0.6 is 23.5 Å². The summed E-state index contributed by atoms with van der Waals surface area (Å²) in [5, 5.41) is 0. The first kappa shape index (κ1) is 26.0. The molecule has 2 aliphatic rings. The molecule has 194 valence electrons. The number of anilines is 2. The predicted octanol–water partition coefficient (Wildman–Crippen LogP) is -0.293. The van der Waals surface area contributed by atoms with Gasteiger partial charge in [0.25, 0.3) is 0 Å². The molecule has 2 aliphatic heterocycles. The maximum Gasteiger partial charge on any atom is 0.351 e. The summed E-state index contributed by atoms with van der Waals surface area (Å²) in [6.45, 7) is -0.0565. The zero-order valence-electron chi connectivity index (χ0n) is 18.9. The van der Waals surface area contributed by atoms with E-state index in [4.69, 9.17) is 30.4 Å². The normalized spacial score (nSPS) is 23.4. The number of aromatic nitrogens is 4. The molecule has 0 spiro atoms. The second kappa shape index (κ2) is 11.8. The van der Waals surface area contributed by atoms with Gasteiger partial charge in [-0.15, -0.1) is 23.5 Å². The number of nitrogen functional groups attached to an aromatic ring is 2. The molecule has 4 rings (SSSR count). The maximum absolute atomic E-state index is 12.0. The Morgan fingerprint density at radius 1 is 0.861 bits per heavy atom. The average molecular weight is 541 g/mol. The van der Waals surface area contributed by atoms with E-state index in [1.165, 1.54) is 57.2 Å². The van der Waals surface area contributed by atoms with Gasteiger partial charge in [0.1, 0.15) is 48.2 Å². The standard InChI is InChI=1S/C20H24N6O8S2/c21-11-3-5-25(19(29)23-11)13-9-35-17(33-13)7-31-15(27)1-2-16(28)32-8-18-34-14(10-36-18)26-6-4-12(22)24-20(26)30/h3-6,13-14,17-18H,1-2,7-10H2,(H2,21,23,29)(H2,22,24,30)/t13-,14+,17+,18-. The highest BCUT2D eigenvalue weighted by atomic mass is 32.2. The smallest absolute Gasteiger partial charge is 0.351 e. The summed E-state index contributed by atoms with van der Waals surface area (Å²) in [7, 11) is 0. The van der Waals surface area contributed by atoms with Gasteiger partial charge in [-0.3, -0.25) is 18.7 Å². The van der Waals surface area contributed by atoms with Gasteiger partial charge in [-0.1, -0.05) is 0 Å². The van der Waals surface area contributed by atoms with Crippen LogP contribution in [0.25, 0.3) is 0 Å². The molecule has 2 aromatic rings. The minimum Gasteiger partial charge on any atom is -0.462 e. The van der Waals surface area contributed by atoms with Gasteiger partial charge in [0.2, 0.25) is 0 Å². The Labute approximate surface area is 212 Å². The van der Waals surface area contributed by atoms with Crippen molar-refractivity contribution in [2.75, 3.05) is 36.2 Å². The number of carbonyl (C=O) groups is 2. The van der Waals surface area contributed by atoms with Crippen LogP contribution in [0.4, 0.5) is 11.6 Å². The van der Waals surface area contributed by atoms with Crippen LogP contribution in [-0.4, -0.2) is 66.6 Å². The highest BCUT2D eigenvalue weighted by Gasteiger charge is 2.30. The quantitative estimate of drug-likeness (QED) is 0.394. The second-order valence-corrected chi connectivity index (χ2v) is 10.0. The molecule has 0 radical (unpaired) electrons. The van der Waals surface area contributed by atoms with Crippen molar-refractivity contribution < 1.29 is 28.5 Å². The number of hydrogen-bond acceptors (Lipinski definition) is 14. The molecule has 4 N–H and O–H groups in total. The second-order valence-electron chi connectivity index (χ2n) is 7.66. The van der Waals surface area contributed by atoms with E-state index in [1.54, 1.807) is 0 Å². The van der Waals surface area contributed by atoms with E-state index in [0.717, 1.165) is 0 Å². The molecule has 4 heterocycles. The lowest BCUT2D eigenvalue weighted by atomic mass is 10.3. The summed E-state index contributed by atoms with van der Waals surface area (Å²) < 4.78 is 24.4. The topological polar surface area (TPSA) is 193 Å². The van der Waals surface area contributed by atoms with Crippen molar-refractivity contribution >= 4 is 47.1 Å². The first-order valence-corrected chi connectivity index (χ1v) is 12.9. The van der Waals surface area contributed by atoms with Gasteiger partial charge in [-0.25, -0.2) is 9.59 Å². The van der Waals surface area contributed by atoms with Crippen LogP contribution in [0.15, 0.2) is 34.1 Å². The molecule has 2 fully saturated rings. The van der Waals surface area contributed by atoms with E-state index in [0.29, 0.717) is 11.5 Å².